The van der Waals surface area contributed by atoms with Crippen molar-refractivity contribution < 1.29 is 33.2 Å². The van der Waals surface area contributed by atoms with Crippen LogP contribution in [0.1, 0.15) is 57.7 Å². The average molecular weight is 631 g/mol. The number of esters is 1. The van der Waals surface area contributed by atoms with Gasteiger partial charge in [-0.25, -0.2) is 0 Å². The lowest BCUT2D eigenvalue weighted by molar-refractivity contribution is -0.325. The Labute approximate surface area is 274 Å². The van der Waals surface area contributed by atoms with Gasteiger partial charge in [0.05, 0.1) is 38.4 Å². The summed E-state index contributed by atoms with van der Waals surface area (Å²) in [4.78, 5) is 13.4. The van der Waals surface area contributed by atoms with Crippen LogP contribution in [-0.2, 0) is 53.0 Å². The van der Waals surface area contributed by atoms with E-state index in [1.807, 2.05) is 118 Å². The van der Waals surface area contributed by atoms with Crippen molar-refractivity contribution in [2.45, 2.75) is 91.6 Å². The molecule has 0 aliphatic carbocycles. The molecule has 0 amide bonds. The number of hydrogen-bond acceptors (Lipinski definition) is 7. The first kappa shape index (κ1) is 35.5. The van der Waals surface area contributed by atoms with Crippen LogP contribution < -0.4 is 0 Å². The van der Waals surface area contributed by atoms with E-state index >= 15 is 0 Å². The molecule has 1 saturated heterocycles. The number of ether oxygens (including phenoxy) is 6. The highest BCUT2D eigenvalue weighted by Crippen LogP contribution is 2.34. The van der Waals surface area contributed by atoms with Gasteiger partial charge in [0.15, 0.2) is 12.4 Å². The number of allylic oxidation sites excluding steroid dienone is 1. The van der Waals surface area contributed by atoms with Gasteiger partial charge in [-0.15, -0.1) is 6.58 Å². The Morgan fingerprint density at radius 2 is 1.22 bits per heavy atom. The standard InChI is InChI=1S/C39H50O7/c1-7-23-39(5,6)28-44-36-35(46-37(40)38(2,3)4)34(43-26-31-21-15-10-16-22-31)33(42-25-30-19-13-9-14-20-30)32(45-36)27-41-24-29-17-11-8-12-18-29/h7-22,32-36H,1,23-28H2,2-6H3. The molecule has 5 atom stereocenters. The zero-order valence-corrected chi connectivity index (χ0v) is 27.9. The number of carbonyl (C=O) groups excluding carboxylic acids is 1. The first-order valence-corrected chi connectivity index (χ1v) is 16.1. The van der Waals surface area contributed by atoms with Crippen molar-refractivity contribution >= 4 is 5.97 Å². The Bertz CT molecular complexity index is 1320. The molecule has 0 spiro atoms. The van der Waals surface area contributed by atoms with Crippen LogP contribution in [0.15, 0.2) is 104 Å². The smallest absolute Gasteiger partial charge is 0.311 e. The van der Waals surface area contributed by atoms with Gasteiger partial charge in [0.25, 0.3) is 0 Å². The molecule has 46 heavy (non-hydrogen) atoms. The molecule has 0 aromatic heterocycles. The maximum atomic E-state index is 13.4. The molecule has 3 aromatic carbocycles. The van der Waals surface area contributed by atoms with E-state index in [0.29, 0.717) is 19.8 Å². The molecule has 7 nitrogen and oxygen atoms in total. The minimum absolute atomic E-state index is 0.218. The maximum absolute atomic E-state index is 13.4. The van der Waals surface area contributed by atoms with Crippen molar-refractivity contribution in [3.05, 3.63) is 120 Å². The second-order valence-electron chi connectivity index (χ2n) is 13.7. The Balaban J connectivity index is 1.68. The van der Waals surface area contributed by atoms with E-state index < -0.39 is 36.1 Å². The molecule has 1 fully saturated rings. The SMILES string of the molecule is C=CCC(C)(C)COC1OC(COCc2ccccc2)C(OCc2ccccc2)C(OCc2ccccc2)C1OC(=O)C(C)(C)C. The van der Waals surface area contributed by atoms with Gasteiger partial charge in [-0.3, -0.25) is 4.79 Å². The highest BCUT2D eigenvalue weighted by molar-refractivity contribution is 5.75. The molecule has 4 rings (SSSR count). The lowest BCUT2D eigenvalue weighted by Gasteiger charge is -2.46. The van der Waals surface area contributed by atoms with Crippen LogP contribution in [0.25, 0.3) is 0 Å². The Kier molecular flexibility index (Phi) is 13.1. The van der Waals surface area contributed by atoms with Gasteiger partial charge in [0.2, 0.25) is 0 Å². The van der Waals surface area contributed by atoms with Gasteiger partial charge in [0, 0.05) is 0 Å². The molecular weight excluding hydrogens is 580 g/mol. The van der Waals surface area contributed by atoms with Crippen LogP contribution in [0.3, 0.4) is 0 Å². The van der Waals surface area contributed by atoms with Crippen LogP contribution in [-0.4, -0.2) is 49.9 Å². The first-order chi connectivity index (χ1) is 22.1. The lowest BCUT2D eigenvalue weighted by atomic mass is 9.90. The molecule has 5 unspecified atom stereocenters. The Morgan fingerprint density at radius 3 is 1.72 bits per heavy atom. The molecule has 1 heterocycles. The van der Waals surface area contributed by atoms with Gasteiger partial charge in [-0.1, -0.05) is 111 Å². The van der Waals surface area contributed by atoms with Crippen molar-refractivity contribution in [2.24, 2.45) is 10.8 Å². The normalized spacial score (nSPS) is 21.9. The molecule has 0 N–H and O–H groups in total. The summed E-state index contributed by atoms with van der Waals surface area (Å²) in [5, 5.41) is 0. The molecule has 3 aromatic rings. The van der Waals surface area contributed by atoms with E-state index in [-0.39, 0.29) is 24.6 Å². The monoisotopic (exact) mass is 630 g/mol. The Morgan fingerprint density at radius 1 is 0.717 bits per heavy atom. The first-order valence-electron chi connectivity index (χ1n) is 16.1. The predicted octanol–water partition coefficient (Wildman–Crippen LogP) is 7.68. The van der Waals surface area contributed by atoms with Crippen LogP contribution in [0.5, 0.6) is 0 Å². The molecule has 0 radical (unpaired) electrons. The minimum atomic E-state index is -0.918. The van der Waals surface area contributed by atoms with E-state index in [0.717, 1.165) is 23.1 Å². The van der Waals surface area contributed by atoms with Crippen molar-refractivity contribution in [1.82, 2.24) is 0 Å². The summed E-state index contributed by atoms with van der Waals surface area (Å²) in [5.74, 6) is -0.381. The van der Waals surface area contributed by atoms with Crippen molar-refractivity contribution in [3.63, 3.8) is 0 Å². The summed E-state index contributed by atoms with van der Waals surface area (Å²) in [6.45, 7) is 15.2. The fourth-order valence-corrected chi connectivity index (χ4v) is 5.12. The van der Waals surface area contributed by atoms with E-state index in [1.165, 1.54) is 0 Å². The number of rotatable bonds is 16. The zero-order chi connectivity index (χ0) is 33.0. The van der Waals surface area contributed by atoms with Crippen LogP contribution >= 0.6 is 0 Å². The summed E-state index contributed by atoms with van der Waals surface area (Å²) >= 11 is 0. The highest BCUT2D eigenvalue weighted by Gasteiger charge is 2.51. The topological polar surface area (TPSA) is 72.5 Å². The summed E-state index contributed by atoms with van der Waals surface area (Å²) in [5.41, 5.74) is 2.06. The molecule has 1 aliphatic rings. The van der Waals surface area contributed by atoms with Crippen LogP contribution in [0.2, 0.25) is 0 Å². The van der Waals surface area contributed by atoms with E-state index in [1.54, 1.807) is 0 Å². The Hall–Kier alpha value is -3.33. The predicted molar refractivity (Wildman–Crippen MR) is 179 cm³/mol. The van der Waals surface area contributed by atoms with E-state index in [4.69, 9.17) is 28.4 Å². The van der Waals surface area contributed by atoms with E-state index in [9.17, 15) is 4.79 Å². The largest absolute Gasteiger partial charge is 0.454 e. The molecule has 248 valence electrons. The van der Waals surface area contributed by atoms with Crippen molar-refractivity contribution in [1.29, 1.82) is 0 Å². The zero-order valence-electron chi connectivity index (χ0n) is 27.9. The average Bonchev–Trinajstić information content (AvgIpc) is 3.04. The third-order valence-corrected chi connectivity index (χ3v) is 7.75. The highest BCUT2D eigenvalue weighted by atomic mass is 16.7. The lowest BCUT2D eigenvalue weighted by Crippen LogP contribution is -2.62. The number of hydrogen-bond donors (Lipinski definition) is 0. The summed E-state index contributed by atoms with van der Waals surface area (Å²) in [6, 6.07) is 29.8. The molecule has 0 bridgehead atoms. The second kappa shape index (κ2) is 17.0. The minimum Gasteiger partial charge on any atom is -0.454 e. The quantitative estimate of drug-likeness (QED) is 0.119. The van der Waals surface area contributed by atoms with Gasteiger partial charge < -0.3 is 28.4 Å². The van der Waals surface area contributed by atoms with Crippen LogP contribution in [0, 0.1) is 10.8 Å². The third kappa shape index (κ3) is 10.9. The molecule has 1 aliphatic heterocycles. The van der Waals surface area contributed by atoms with E-state index in [2.05, 4.69) is 20.4 Å². The number of carbonyl (C=O) groups is 1. The molecule has 0 saturated carbocycles. The van der Waals surface area contributed by atoms with Gasteiger partial charge in [-0.05, 0) is 49.3 Å². The maximum Gasteiger partial charge on any atom is 0.311 e. The summed E-state index contributed by atoms with van der Waals surface area (Å²) in [7, 11) is 0. The fourth-order valence-electron chi connectivity index (χ4n) is 5.12. The third-order valence-electron chi connectivity index (χ3n) is 7.75. The molecular formula is C39H50O7. The van der Waals surface area contributed by atoms with Crippen molar-refractivity contribution in [2.75, 3.05) is 13.2 Å². The van der Waals surface area contributed by atoms with Crippen molar-refractivity contribution in [3.8, 4) is 0 Å². The van der Waals surface area contributed by atoms with Gasteiger partial charge >= 0.3 is 5.97 Å². The van der Waals surface area contributed by atoms with Gasteiger partial charge in [0.1, 0.15) is 18.3 Å². The number of benzene rings is 3. The van der Waals surface area contributed by atoms with Gasteiger partial charge in [-0.2, -0.15) is 0 Å². The van der Waals surface area contributed by atoms with Crippen LogP contribution in [0.4, 0.5) is 0 Å². The summed E-state index contributed by atoms with van der Waals surface area (Å²) < 4.78 is 38.9. The molecule has 7 heteroatoms. The summed E-state index contributed by atoms with van der Waals surface area (Å²) in [6.07, 6.45) is -1.14. The fraction of sp³-hybridized carbons (Fsp3) is 0.462. The second-order valence-corrected chi connectivity index (χ2v) is 13.7.